The molecule has 1 aliphatic rings. The summed E-state index contributed by atoms with van der Waals surface area (Å²) in [5, 5.41) is 5.80. The molecular formula is C20H25N5O2. The number of rotatable bonds is 5. The second-order valence-corrected chi connectivity index (χ2v) is 6.90. The highest BCUT2D eigenvalue weighted by molar-refractivity contribution is 5.97. The molecule has 27 heavy (non-hydrogen) atoms. The molecule has 1 aromatic heterocycles. The minimum Gasteiger partial charge on any atom is -0.366 e. The number of pyridine rings is 1. The maximum atomic E-state index is 12.3. The molecule has 7 heteroatoms. The number of nitrogens with two attached hydrogens (primary N) is 1. The highest BCUT2D eigenvalue weighted by Gasteiger charge is 2.21. The molecule has 0 radical (unpaired) electrons. The molecule has 1 fully saturated rings. The standard InChI is InChI=1S/C20H25N5O2/c1-14-2-3-17(12-18(14)19(21)26)24-20(27)23-16-6-10-25(11-7-16)13-15-4-8-22-9-5-15/h2-5,8-9,12,16H,6-7,10-11,13H2,1H3,(H2,21,26)(H2,23,24,27). The van der Waals surface area contributed by atoms with Crippen LogP contribution in [-0.4, -0.2) is 41.0 Å². The Kier molecular flexibility index (Phi) is 6.03. The van der Waals surface area contributed by atoms with E-state index in [9.17, 15) is 9.59 Å². The van der Waals surface area contributed by atoms with E-state index in [2.05, 4.69) is 20.5 Å². The van der Waals surface area contributed by atoms with Gasteiger partial charge < -0.3 is 16.4 Å². The van der Waals surface area contributed by atoms with Crippen molar-refractivity contribution in [2.45, 2.75) is 32.4 Å². The Labute approximate surface area is 159 Å². The number of nitrogens with one attached hydrogen (secondary N) is 2. The fraction of sp³-hybridized carbons (Fsp3) is 0.350. The maximum Gasteiger partial charge on any atom is 0.319 e. The molecule has 0 atom stereocenters. The lowest BCUT2D eigenvalue weighted by atomic mass is 10.0. The number of primary amides is 1. The van der Waals surface area contributed by atoms with Gasteiger partial charge in [-0.1, -0.05) is 6.07 Å². The normalized spacial score (nSPS) is 15.3. The van der Waals surface area contributed by atoms with Crippen molar-refractivity contribution < 1.29 is 9.59 Å². The Morgan fingerprint density at radius 3 is 2.56 bits per heavy atom. The first-order valence-electron chi connectivity index (χ1n) is 9.10. The van der Waals surface area contributed by atoms with Crippen LogP contribution in [0.4, 0.5) is 10.5 Å². The number of likely N-dealkylation sites (tertiary alicyclic amines) is 1. The summed E-state index contributed by atoms with van der Waals surface area (Å²) in [7, 11) is 0. The van der Waals surface area contributed by atoms with Crippen LogP contribution in [0.5, 0.6) is 0 Å². The van der Waals surface area contributed by atoms with E-state index in [1.807, 2.05) is 31.5 Å². The van der Waals surface area contributed by atoms with Crippen molar-refractivity contribution in [3.63, 3.8) is 0 Å². The molecule has 2 heterocycles. The Morgan fingerprint density at radius 2 is 1.89 bits per heavy atom. The molecule has 1 aromatic carbocycles. The molecule has 7 nitrogen and oxygen atoms in total. The topological polar surface area (TPSA) is 100 Å². The zero-order valence-electron chi connectivity index (χ0n) is 15.4. The Hall–Kier alpha value is -2.93. The van der Waals surface area contributed by atoms with E-state index in [0.29, 0.717) is 11.3 Å². The molecule has 1 aliphatic heterocycles. The first-order valence-corrected chi connectivity index (χ1v) is 9.10. The number of amides is 3. The molecule has 0 unspecified atom stereocenters. The molecule has 3 rings (SSSR count). The molecular weight excluding hydrogens is 342 g/mol. The summed E-state index contributed by atoms with van der Waals surface area (Å²) in [6.45, 7) is 4.58. The Balaban J connectivity index is 1.47. The van der Waals surface area contributed by atoms with E-state index >= 15 is 0 Å². The van der Waals surface area contributed by atoms with E-state index in [1.165, 1.54) is 5.56 Å². The quantitative estimate of drug-likeness (QED) is 0.755. The number of aryl methyl sites for hydroxylation is 1. The monoisotopic (exact) mass is 367 g/mol. The van der Waals surface area contributed by atoms with Crippen LogP contribution in [0.1, 0.15) is 34.3 Å². The van der Waals surface area contributed by atoms with Crippen LogP contribution >= 0.6 is 0 Å². The summed E-state index contributed by atoms with van der Waals surface area (Å²) < 4.78 is 0. The third kappa shape index (κ3) is 5.27. The highest BCUT2D eigenvalue weighted by atomic mass is 16.2. The number of aromatic nitrogens is 1. The number of benzene rings is 1. The highest BCUT2D eigenvalue weighted by Crippen LogP contribution is 2.16. The van der Waals surface area contributed by atoms with Crippen LogP contribution in [0, 0.1) is 6.92 Å². The van der Waals surface area contributed by atoms with Gasteiger partial charge in [-0.15, -0.1) is 0 Å². The molecule has 3 amide bonds. The second-order valence-electron chi connectivity index (χ2n) is 6.90. The molecule has 1 saturated heterocycles. The number of hydrogen-bond donors (Lipinski definition) is 3. The maximum absolute atomic E-state index is 12.3. The van der Waals surface area contributed by atoms with Gasteiger partial charge in [0.15, 0.2) is 0 Å². The lowest BCUT2D eigenvalue weighted by molar-refractivity contribution is 0.0999. The van der Waals surface area contributed by atoms with Crippen molar-refractivity contribution in [2.75, 3.05) is 18.4 Å². The van der Waals surface area contributed by atoms with Gasteiger partial charge in [0.2, 0.25) is 5.91 Å². The van der Waals surface area contributed by atoms with E-state index in [4.69, 9.17) is 5.73 Å². The molecule has 4 N–H and O–H groups in total. The molecule has 0 aliphatic carbocycles. The van der Waals surface area contributed by atoms with E-state index < -0.39 is 5.91 Å². The van der Waals surface area contributed by atoms with Crippen molar-refractivity contribution in [1.29, 1.82) is 0 Å². The lowest BCUT2D eigenvalue weighted by Crippen LogP contribution is -2.45. The lowest BCUT2D eigenvalue weighted by Gasteiger charge is -2.32. The van der Waals surface area contributed by atoms with Gasteiger partial charge in [0, 0.05) is 49.3 Å². The van der Waals surface area contributed by atoms with Crippen LogP contribution in [-0.2, 0) is 6.54 Å². The third-order valence-electron chi connectivity index (χ3n) is 4.84. The number of hydrogen-bond acceptors (Lipinski definition) is 4. The Bertz CT molecular complexity index is 801. The first kappa shape index (κ1) is 18.8. The molecule has 0 saturated carbocycles. The van der Waals surface area contributed by atoms with Gasteiger partial charge in [0.05, 0.1) is 0 Å². The van der Waals surface area contributed by atoms with Crippen molar-refractivity contribution >= 4 is 17.6 Å². The summed E-state index contributed by atoms with van der Waals surface area (Å²) >= 11 is 0. The van der Waals surface area contributed by atoms with Crippen molar-refractivity contribution in [3.8, 4) is 0 Å². The number of carbonyl (C=O) groups is 2. The summed E-state index contributed by atoms with van der Waals surface area (Å²) in [5.74, 6) is -0.502. The van der Waals surface area contributed by atoms with E-state index in [0.717, 1.165) is 38.0 Å². The molecule has 2 aromatic rings. The fourth-order valence-corrected chi connectivity index (χ4v) is 3.30. The minimum atomic E-state index is -0.502. The fourth-order valence-electron chi connectivity index (χ4n) is 3.30. The van der Waals surface area contributed by atoms with Crippen molar-refractivity contribution in [1.82, 2.24) is 15.2 Å². The summed E-state index contributed by atoms with van der Waals surface area (Å²) in [4.78, 5) is 30.1. The number of urea groups is 1. The molecule has 0 bridgehead atoms. The summed E-state index contributed by atoms with van der Waals surface area (Å²) in [6, 6.07) is 9.07. The smallest absolute Gasteiger partial charge is 0.319 e. The van der Waals surface area contributed by atoms with E-state index in [-0.39, 0.29) is 12.1 Å². The van der Waals surface area contributed by atoms with Crippen LogP contribution in [0.15, 0.2) is 42.7 Å². The van der Waals surface area contributed by atoms with Gasteiger partial charge in [0.25, 0.3) is 0 Å². The minimum absolute atomic E-state index is 0.139. The third-order valence-corrected chi connectivity index (χ3v) is 4.84. The van der Waals surface area contributed by atoms with Crippen molar-refractivity contribution in [2.24, 2.45) is 5.73 Å². The predicted octanol–water partition coefficient (Wildman–Crippen LogP) is 2.28. The number of nitrogens with zero attached hydrogens (tertiary/aromatic N) is 2. The van der Waals surface area contributed by atoms with Gasteiger partial charge in [-0.05, 0) is 55.2 Å². The van der Waals surface area contributed by atoms with Crippen molar-refractivity contribution in [3.05, 3.63) is 59.4 Å². The van der Waals surface area contributed by atoms with Gasteiger partial charge in [-0.3, -0.25) is 14.7 Å². The number of piperidine rings is 1. The van der Waals surface area contributed by atoms with Gasteiger partial charge in [0.1, 0.15) is 0 Å². The molecule has 142 valence electrons. The average molecular weight is 367 g/mol. The predicted molar refractivity (Wildman–Crippen MR) is 104 cm³/mol. The van der Waals surface area contributed by atoms with Crippen LogP contribution in [0.3, 0.4) is 0 Å². The summed E-state index contributed by atoms with van der Waals surface area (Å²) in [6.07, 6.45) is 5.42. The van der Waals surface area contributed by atoms with E-state index in [1.54, 1.807) is 18.2 Å². The SMILES string of the molecule is Cc1ccc(NC(=O)NC2CCN(Cc3ccncc3)CC2)cc1C(N)=O. The van der Waals surface area contributed by atoms with Crippen LogP contribution in [0.2, 0.25) is 0 Å². The first-order chi connectivity index (χ1) is 13.0. The second kappa shape index (κ2) is 8.64. The number of carbonyl (C=O) groups excluding carboxylic acids is 2. The Morgan fingerprint density at radius 1 is 1.19 bits per heavy atom. The zero-order valence-corrected chi connectivity index (χ0v) is 15.4. The van der Waals surface area contributed by atoms with Gasteiger partial charge in [-0.25, -0.2) is 4.79 Å². The summed E-state index contributed by atoms with van der Waals surface area (Å²) in [5.41, 5.74) is 8.36. The average Bonchev–Trinajstić information content (AvgIpc) is 2.65. The van der Waals surface area contributed by atoms with Crippen LogP contribution < -0.4 is 16.4 Å². The van der Waals surface area contributed by atoms with Gasteiger partial charge in [-0.2, -0.15) is 0 Å². The van der Waals surface area contributed by atoms with Crippen LogP contribution in [0.25, 0.3) is 0 Å². The largest absolute Gasteiger partial charge is 0.366 e. The van der Waals surface area contributed by atoms with Gasteiger partial charge >= 0.3 is 6.03 Å². The molecule has 0 spiro atoms. The number of anilines is 1. The zero-order chi connectivity index (χ0) is 19.2.